The number of hydrogen-bond donors (Lipinski definition) is 0. The maximum atomic E-state index is 12.3. The summed E-state index contributed by atoms with van der Waals surface area (Å²) >= 11 is 6.83. The van der Waals surface area contributed by atoms with E-state index >= 15 is 0 Å². The molecule has 1 aromatic heterocycles. The molecular weight excluding hydrogens is 360 g/mol. The van der Waals surface area contributed by atoms with Gasteiger partial charge in [-0.1, -0.05) is 34.1 Å². The predicted octanol–water partition coefficient (Wildman–Crippen LogP) is 3.85. The van der Waals surface area contributed by atoms with Crippen LogP contribution in [0.15, 0.2) is 39.4 Å². The summed E-state index contributed by atoms with van der Waals surface area (Å²) in [5, 5.41) is 4.16. The molecular formula is C13H12Br2N2O. The Hall–Kier alpha value is -0.940. The third kappa shape index (κ3) is 2.72. The van der Waals surface area contributed by atoms with Gasteiger partial charge in [-0.25, -0.2) is 0 Å². The number of hydrogen-bond acceptors (Lipinski definition) is 2. The first-order chi connectivity index (χ1) is 8.63. The number of benzene rings is 1. The lowest BCUT2D eigenvalue weighted by Gasteiger charge is -2.06. The van der Waals surface area contributed by atoms with Crippen LogP contribution in [0.5, 0.6) is 0 Å². The highest BCUT2D eigenvalue weighted by molar-refractivity contribution is 9.10. The van der Waals surface area contributed by atoms with Crippen LogP contribution < -0.4 is 0 Å². The fourth-order valence-corrected chi connectivity index (χ4v) is 2.72. The Morgan fingerprint density at radius 1 is 1.28 bits per heavy atom. The lowest BCUT2D eigenvalue weighted by Crippen LogP contribution is -2.12. The fraction of sp³-hybridized carbons (Fsp3) is 0.231. The number of rotatable bonds is 4. The number of nitrogens with zero attached hydrogens (tertiary/aromatic N) is 2. The molecule has 0 aliphatic rings. The summed E-state index contributed by atoms with van der Waals surface area (Å²) < 4.78 is 3.42. The standard InChI is InChI=1S/C13H12Br2N2O/c1-2-17-13(11(15)8-16-17)12(18)7-9-5-3-4-6-10(9)14/h3-6,8H,2,7H2,1H3. The van der Waals surface area contributed by atoms with Crippen LogP contribution in [0.3, 0.4) is 0 Å². The van der Waals surface area contributed by atoms with Crippen molar-refractivity contribution in [3.63, 3.8) is 0 Å². The van der Waals surface area contributed by atoms with Crippen molar-refractivity contribution < 1.29 is 4.79 Å². The van der Waals surface area contributed by atoms with Gasteiger partial charge in [0.2, 0.25) is 0 Å². The molecule has 0 atom stereocenters. The number of carbonyl (C=O) groups is 1. The minimum absolute atomic E-state index is 0.0631. The van der Waals surface area contributed by atoms with Gasteiger partial charge in [-0.3, -0.25) is 9.48 Å². The van der Waals surface area contributed by atoms with E-state index in [-0.39, 0.29) is 5.78 Å². The number of aryl methyl sites for hydroxylation is 1. The van der Waals surface area contributed by atoms with Gasteiger partial charge in [-0.05, 0) is 34.5 Å². The smallest absolute Gasteiger partial charge is 0.186 e. The van der Waals surface area contributed by atoms with Crippen LogP contribution in [0.25, 0.3) is 0 Å². The topological polar surface area (TPSA) is 34.9 Å². The summed E-state index contributed by atoms with van der Waals surface area (Å²) in [6.45, 7) is 2.65. The van der Waals surface area contributed by atoms with Gasteiger partial charge in [0.25, 0.3) is 0 Å². The van der Waals surface area contributed by atoms with Gasteiger partial charge in [-0.15, -0.1) is 0 Å². The number of halogens is 2. The molecule has 2 rings (SSSR count). The van der Waals surface area contributed by atoms with E-state index in [1.807, 2.05) is 31.2 Å². The zero-order valence-corrected chi connectivity index (χ0v) is 13.0. The quantitative estimate of drug-likeness (QED) is 0.765. The number of ketones is 1. The molecule has 0 N–H and O–H groups in total. The summed E-state index contributed by atoms with van der Waals surface area (Å²) in [5.41, 5.74) is 1.62. The van der Waals surface area contributed by atoms with Gasteiger partial charge in [0.05, 0.1) is 10.7 Å². The van der Waals surface area contributed by atoms with Crippen molar-refractivity contribution in [2.24, 2.45) is 0 Å². The third-order valence-corrected chi connectivity index (χ3v) is 4.02. The number of aromatic nitrogens is 2. The SMILES string of the molecule is CCn1ncc(Br)c1C(=O)Cc1ccccc1Br. The first-order valence-corrected chi connectivity index (χ1v) is 7.20. The molecule has 1 aromatic carbocycles. The Morgan fingerprint density at radius 3 is 2.67 bits per heavy atom. The van der Waals surface area contributed by atoms with E-state index < -0.39 is 0 Å². The van der Waals surface area contributed by atoms with Crippen molar-refractivity contribution in [1.82, 2.24) is 9.78 Å². The van der Waals surface area contributed by atoms with Crippen LogP contribution in [0.1, 0.15) is 23.0 Å². The summed E-state index contributed by atoms with van der Waals surface area (Å²) in [6, 6.07) is 7.75. The molecule has 0 fully saturated rings. The average Bonchev–Trinajstić information content (AvgIpc) is 2.73. The highest BCUT2D eigenvalue weighted by atomic mass is 79.9. The summed E-state index contributed by atoms with van der Waals surface area (Å²) in [6.07, 6.45) is 2.03. The maximum absolute atomic E-state index is 12.3. The van der Waals surface area contributed by atoms with Crippen LogP contribution in [-0.2, 0) is 13.0 Å². The highest BCUT2D eigenvalue weighted by Gasteiger charge is 2.17. The maximum Gasteiger partial charge on any atom is 0.186 e. The van der Waals surface area contributed by atoms with Crippen molar-refractivity contribution in [2.75, 3.05) is 0 Å². The van der Waals surface area contributed by atoms with E-state index in [0.29, 0.717) is 18.7 Å². The normalized spacial score (nSPS) is 10.6. The zero-order valence-electron chi connectivity index (χ0n) is 9.86. The number of carbonyl (C=O) groups excluding carboxylic acids is 1. The zero-order chi connectivity index (χ0) is 13.1. The molecule has 2 aromatic rings. The molecule has 18 heavy (non-hydrogen) atoms. The van der Waals surface area contributed by atoms with E-state index in [4.69, 9.17) is 0 Å². The van der Waals surface area contributed by atoms with Crippen LogP contribution >= 0.6 is 31.9 Å². The molecule has 3 nitrogen and oxygen atoms in total. The van der Waals surface area contributed by atoms with E-state index in [1.54, 1.807) is 10.9 Å². The lowest BCUT2D eigenvalue weighted by atomic mass is 10.1. The molecule has 94 valence electrons. The Balaban J connectivity index is 2.28. The molecule has 0 amide bonds. The van der Waals surface area contributed by atoms with Gasteiger partial charge in [0.15, 0.2) is 5.78 Å². The molecule has 0 radical (unpaired) electrons. The molecule has 0 spiro atoms. The molecule has 0 bridgehead atoms. The summed E-state index contributed by atoms with van der Waals surface area (Å²) in [7, 11) is 0. The van der Waals surface area contributed by atoms with Crippen LogP contribution in [-0.4, -0.2) is 15.6 Å². The minimum Gasteiger partial charge on any atom is -0.292 e. The predicted molar refractivity (Wildman–Crippen MR) is 77.8 cm³/mol. The Kier molecular flexibility index (Phi) is 4.35. The second-order valence-electron chi connectivity index (χ2n) is 3.85. The molecule has 5 heteroatoms. The van der Waals surface area contributed by atoms with E-state index in [0.717, 1.165) is 14.5 Å². The Labute approximate surface area is 122 Å². The Bertz CT molecular complexity index is 578. The van der Waals surface area contributed by atoms with Gasteiger partial charge in [-0.2, -0.15) is 5.10 Å². The van der Waals surface area contributed by atoms with Gasteiger partial charge >= 0.3 is 0 Å². The summed E-state index contributed by atoms with van der Waals surface area (Å²) in [4.78, 5) is 12.3. The van der Waals surface area contributed by atoms with Gasteiger partial charge in [0.1, 0.15) is 5.69 Å². The number of Topliss-reactive ketones (excluding diaryl/α,β-unsaturated/α-hetero) is 1. The molecule has 0 aliphatic carbocycles. The van der Waals surface area contributed by atoms with E-state index in [1.165, 1.54) is 0 Å². The van der Waals surface area contributed by atoms with Crippen molar-refractivity contribution in [3.8, 4) is 0 Å². The van der Waals surface area contributed by atoms with Crippen LogP contribution in [0, 0.1) is 0 Å². The van der Waals surface area contributed by atoms with E-state index in [9.17, 15) is 4.79 Å². The molecule has 0 saturated heterocycles. The highest BCUT2D eigenvalue weighted by Crippen LogP contribution is 2.21. The van der Waals surface area contributed by atoms with Crippen LogP contribution in [0.4, 0.5) is 0 Å². The molecule has 0 saturated carbocycles. The van der Waals surface area contributed by atoms with Gasteiger partial charge < -0.3 is 0 Å². The Morgan fingerprint density at radius 2 is 2.00 bits per heavy atom. The first-order valence-electron chi connectivity index (χ1n) is 5.61. The first kappa shape index (κ1) is 13.5. The average molecular weight is 372 g/mol. The van der Waals surface area contributed by atoms with Crippen molar-refractivity contribution in [2.45, 2.75) is 19.9 Å². The fourth-order valence-electron chi connectivity index (χ4n) is 1.78. The van der Waals surface area contributed by atoms with Crippen molar-refractivity contribution in [3.05, 3.63) is 50.7 Å². The largest absolute Gasteiger partial charge is 0.292 e. The monoisotopic (exact) mass is 370 g/mol. The van der Waals surface area contributed by atoms with E-state index in [2.05, 4.69) is 37.0 Å². The molecule has 0 aliphatic heterocycles. The minimum atomic E-state index is 0.0631. The molecule has 1 heterocycles. The third-order valence-electron chi connectivity index (χ3n) is 2.67. The van der Waals surface area contributed by atoms with Crippen molar-refractivity contribution >= 4 is 37.6 Å². The van der Waals surface area contributed by atoms with Crippen LogP contribution in [0.2, 0.25) is 0 Å². The van der Waals surface area contributed by atoms with Gasteiger partial charge in [0, 0.05) is 17.4 Å². The lowest BCUT2D eigenvalue weighted by molar-refractivity contribution is 0.0982. The van der Waals surface area contributed by atoms with Crippen molar-refractivity contribution in [1.29, 1.82) is 0 Å². The molecule has 0 unspecified atom stereocenters. The second kappa shape index (κ2) is 5.80. The second-order valence-corrected chi connectivity index (χ2v) is 5.56. The summed E-state index contributed by atoms with van der Waals surface area (Å²) in [5.74, 6) is 0.0631.